The zero-order chi connectivity index (χ0) is 16.3. The minimum atomic E-state index is -4.71. The second kappa shape index (κ2) is 6.03. The summed E-state index contributed by atoms with van der Waals surface area (Å²) in [5.74, 6) is -1.51. The standard InChI is InChI=1S/C15H9F4NO2/c16-12-4-11(15(17,18)19)5-13(6-12)22-14-2-1-9(8-21)3-10(14)7-20/h1-6,21H,8H2. The van der Waals surface area contributed by atoms with E-state index in [0.717, 1.165) is 6.07 Å². The second-order valence-electron chi connectivity index (χ2n) is 4.38. The lowest BCUT2D eigenvalue weighted by atomic mass is 10.1. The highest BCUT2D eigenvalue weighted by molar-refractivity contribution is 5.47. The van der Waals surface area contributed by atoms with Crippen LogP contribution in [0.4, 0.5) is 17.6 Å². The largest absolute Gasteiger partial charge is 0.456 e. The first-order valence-corrected chi connectivity index (χ1v) is 6.03. The second-order valence-corrected chi connectivity index (χ2v) is 4.38. The minimum Gasteiger partial charge on any atom is -0.456 e. The highest BCUT2D eigenvalue weighted by atomic mass is 19.4. The molecule has 2 aromatic rings. The Hall–Kier alpha value is -2.59. The van der Waals surface area contributed by atoms with Gasteiger partial charge in [0, 0.05) is 6.07 Å². The summed E-state index contributed by atoms with van der Waals surface area (Å²) < 4.78 is 56.3. The molecule has 0 amide bonds. The summed E-state index contributed by atoms with van der Waals surface area (Å²) >= 11 is 0. The smallest absolute Gasteiger partial charge is 0.416 e. The first kappa shape index (κ1) is 15.8. The molecule has 114 valence electrons. The normalized spacial score (nSPS) is 11.1. The molecule has 0 fully saturated rings. The number of hydrogen-bond acceptors (Lipinski definition) is 3. The molecule has 7 heteroatoms. The molecule has 0 aliphatic carbocycles. The molecule has 0 saturated carbocycles. The van der Waals surface area contributed by atoms with Crippen LogP contribution in [0, 0.1) is 17.1 Å². The number of aliphatic hydroxyl groups excluding tert-OH is 1. The van der Waals surface area contributed by atoms with Gasteiger partial charge in [0.25, 0.3) is 0 Å². The van der Waals surface area contributed by atoms with Gasteiger partial charge in [0.1, 0.15) is 23.4 Å². The number of hydrogen-bond donors (Lipinski definition) is 1. The van der Waals surface area contributed by atoms with E-state index in [4.69, 9.17) is 15.1 Å². The van der Waals surface area contributed by atoms with E-state index in [9.17, 15) is 17.6 Å². The Bertz CT molecular complexity index is 735. The van der Waals surface area contributed by atoms with Crippen molar-refractivity contribution in [2.45, 2.75) is 12.8 Å². The van der Waals surface area contributed by atoms with E-state index in [1.807, 2.05) is 0 Å². The zero-order valence-electron chi connectivity index (χ0n) is 11.0. The van der Waals surface area contributed by atoms with Gasteiger partial charge in [0.05, 0.1) is 17.7 Å². The fourth-order valence-corrected chi connectivity index (χ4v) is 1.76. The average Bonchev–Trinajstić information content (AvgIpc) is 2.46. The van der Waals surface area contributed by atoms with Crippen molar-refractivity contribution < 1.29 is 27.4 Å². The predicted octanol–water partition coefficient (Wildman–Crippen LogP) is 4.00. The van der Waals surface area contributed by atoms with Crippen molar-refractivity contribution in [1.82, 2.24) is 0 Å². The van der Waals surface area contributed by atoms with Gasteiger partial charge in [-0.05, 0) is 29.8 Å². The molecule has 0 radical (unpaired) electrons. The Labute approximate surface area is 123 Å². The SMILES string of the molecule is N#Cc1cc(CO)ccc1Oc1cc(F)cc(C(F)(F)F)c1. The van der Waals surface area contributed by atoms with Crippen LogP contribution in [0.5, 0.6) is 11.5 Å². The van der Waals surface area contributed by atoms with Crippen molar-refractivity contribution >= 4 is 0 Å². The molecule has 22 heavy (non-hydrogen) atoms. The molecule has 0 saturated heterocycles. The molecule has 3 nitrogen and oxygen atoms in total. The summed E-state index contributed by atoms with van der Waals surface area (Å²) in [7, 11) is 0. The molecule has 0 spiro atoms. The fourth-order valence-electron chi connectivity index (χ4n) is 1.76. The van der Waals surface area contributed by atoms with E-state index in [-0.39, 0.29) is 23.7 Å². The number of alkyl halides is 3. The van der Waals surface area contributed by atoms with Crippen LogP contribution in [0.15, 0.2) is 36.4 Å². The zero-order valence-corrected chi connectivity index (χ0v) is 11.0. The topological polar surface area (TPSA) is 53.2 Å². The van der Waals surface area contributed by atoms with Crippen molar-refractivity contribution in [2.75, 3.05) is 0 Å². The van der Waals surface area contributed by atoms with Gasteiger partial charge in [-0.25, -0.2) is 4.39 Å². The van der Waals surface area contributed by atoms with Gasteiger partial charge in [0.15, 0.2) is 0 Å². The highest BCUT2D eigenvalue weighted by Gasteiger charge is 2.31. The van der Waals surface area contributed by atoms with Crippen LogP contribution in [-0.4, -0.2) is 5.11 Å². The van der Waals surface area contributed by atoms with Gasteiger partial charge in [0.2, 0.25) is 0 Å². The van der Waals surface area contributed by atoms with Crippen LogP contribution in [0.2, 0.25) is 0 Å². The Morgan fingerprint density at radius 1 is 1.14 bits per heavy atom. The molecule has 0 bridgehead atoms. The lowest BCUT2D eigenvalue weighted by Crippen LogP contribution is -2.05. The maximum absolute atomic E-state index is 13.3. The summed E-state index contributed by atoms with van der Waals surface area (Å²) in [6, 6.07) is 7.68. The van der Waals surface area contributed by atoms with E-state index < -0.39 is 17.6 Å². The molecule has 2 aromatic carbocycles. The van der Waals surface area contributed by atoms with Gasteiger partial charge in [-0.2, -0.15) is 18.4 Å². The van der Waals surface area contributed by atoms with E-state index in [1.54, 1.807) is 6.07 Å². The third-order valence-electron chi connectivity index (χ3n) is 2.77. The molecule has 0 atom stereocenters. The quantitative estimate of drug-likeness (QED) is 0.872. The maximum Gasteiger partial charge on any atom is 0.416 e. The van der Waals surface area contributed by atoms with Gasteiger partial charge >= 0.3 is 6.18 Å². The lowest BCUT2D eigenvalue weighted by molar-refractivity contribution is -0.137. The van der Waals surface area contributed by atoms with Crippen molar-refractivity contribution in [3.05, 3.63) is 58.9 Å². The number of nitrogens with zero attached hydrogens (tertiary/aromatic N) is 1. The van der Waals surface area contributed by atoms with Gasteiger partial charge in [-0.15, -0.1) is 0 Å². The van der Waals surface area contributed by atoms with E-state index in [0.29, 0.717) is 17.7 Å². The van der Waals surface area contributed by atoms with Crippen LogP contribution in [0.3, 0.4) is 0 Å². The monoisotopic (exact) mass is 311 g/mol. The molecular formula is C15H9F4NO2. The Balaban J connectivity index is 2.40. The number of benzene rings is 2. The Kier molecular flexibility index (Phi) is 4.33. The molecule has 0 unspecified atom stereocenters. The molecule has 0 aromatic heterocycles. The van der Waals surface area contributed by atoms with Crippen molar-refractivity contribution in [2.24, 2.45) is 0 Å². The Morgan fingerprint density at radius 2 is 1.86 bits per heavy atom. The lowest BCUT2D eigenvalue weighted by Gasteiger charge is -2.12. The predicted molar refractivity (Wildman–Crippen MR) is 68.6 cm³/mol. The molecule has 1 N–H and O–H groups in total. The summed E-state index contributed by atoms with van der Waals surface area (Å²) in [6.07, 6.45) is -4.71. The average molecular weight is 311 g/mol. The summed E-state index contributed by atoms with van der Waals surface area (Å²) in [5.41, 5.74) is -0.725. The fraction of sp³-hybridized carbons (Fsp3) is 0.133. The summed E-state index contributed by atoms with van der Waals surface area (Å²) in [4.78, 5) is 0. The number of halogens is 4. The van der Waals surface area contributed by atoms with Crippen LogP contribution in [0.25, 0.3) is 0 Å². The van der Waals surface area contributed by atoms with E-state index in [2.05, 4.69) is 0 Å². The maximum atomic E-state index is 13.3. The van der Waals surface area contributed by atoms with Crippen LogP contribution in [-0.2, 0) is 12.8 Å². The first-order valence-electron chi connectivity index (χ1n) is 6.03. The number of nitriles is 1. The van der Waals surface area contributed by atoms with Gasteiger partial charge in [-0.3, -0.25) is 0 Å². The molecule has 2 rings (SSSR count). The third-order valence-corrected chi connectivity index (χ3v) is 2.77. The number of aliphatic hydroxyl groups is 1. The van der Waals surface area contributed by atoms with Gasteiger partial charge in [-0.1, -0.05) is 6.07 Å². The number of rotatable bonds is 3. The molecular weight excluding hydrogens is 302 g/mol. The first-order chi connectivity index (χ1) is 10.3. The van der Waals surface area contributed by atoms with Crippen LogP contribution < -0.4 is 4.74 Å². The van der Waals surface area contributed by atoms with Crippen molar-refractivity contribution in [3.8, 4) is 17.6 Å². The van der Waals surface area contributed by atoms with Crippen molar-refractivity contribution in [3.63, 3.8) is 0 Å². The van der Waals surface area contributed by atoms with Crippen molar-refractivity contribution in [1.29, 1.82) is 5.26 Å². The summed E-state index contributed by atoms with van der Waals surface area (Å²) in [6.45, 7) is -0.298. The third kappa shape index (κ3) is 3.54. The minimum absolute atomic E-state index is 0.0179. The van der Waals surface area contributed by atoms with Crippen LogP contribution >= 0.6 is 0 Å². The molecule has 0 aliphatic rings. The van der Waals surface area contributed by atoms with E-state index >= 15 is 0 Å². The number of ether oxygens (including phenoxy) is 1. The van der Waals surface area contributed by atoms with Crippen LogP contribution in [0.1, 0.15) is 16.7 Å². The van der Waals surface area contributed by atoms with E-state index in [1.165, 1.54) is 18.2 Å². The van der Waals surface area contributed by atoms with Gasteiger partial charge < -0.3 is 9.84 Å². The summed E-state index contributed by atoms with van der Waals surface area (Å²) in [5, 5.41) is 18.0. The highest BCUT2D eigenvalue weighted by Crippen LogP contribution is 2.34. The Morgan fingerprint density at radius 3 is 2.45 bits per heavy atom. The molecule has 0 aliphatic heterocycles. The molecule has 0 heterocycles.